The van der Waals surface area contributed by atoms with Gasteiger partial charge in [-0.25, -0.2) is 0 Å². The average molecular weight is 273 g/mol. The van der Waals surface area contributed by atoms with Gasteiger partial charge in [-0.15, -0.1) is 0 Å². The zero-order chi connectivity index (χ0) is 14.2. The SMILES string of the molecule is CCCCC(NCCc1nc(C)no1)c1ccccc1. The summed E-state index contributed by atoms with van der Waals surface area (Å²) >= 11 is 0. The minimum Gasteiger partial charge on any atom is -0.339 e. The molecule has 1 N–H and O–H groups in total. The van der Waals surface area contributed by atoms with Gasteiger partial charge in [-0.3, -0.25) is 0 Å². The van der Waals surface area contributed by atoms with E-state index < -0.39 is 0 Å². The smallest absolute Gasteiger partial charge is 0.227 e. The second-order valence-corrected chi connectivity index (χ2v) is 5.04. The maximum Gasteiger partial charge on any atom is 0.227 e. The van der Waals surface area contributed by atoms with Crippen molar-refractivity contribution < 1.29 is 4.52 Å². The van der Waals surface area contributed by atoms with Crippen LogP contribution < -0.4 is 5.32 Å². The maximum atomic E-state index is 5.13. The Bertz CT molecular complexity index is 495. The van der Waals surface area contributed by atoms with E-state index in [1.165, 1.54) is 18.4 Å². The van der Waals surface area contributed by atoms with E-state index in [1.54, 1.807) is 0 Å². The Hall–Kier alpha value is -1.68. The Morgan fingerprint density at radius 2 is 2.05 bits per heavy atom. The highest BCUT2D eigenvalue weighted by Crippen LogP contribution is 2.19. The Morgan fingerprint density at radius 1 is 1.25 bits per heavy atom. The van der Waals surface area contributed by atoms with Gasteiger partial charge >= 0.3 is 0 Å². The summed E-state index contributed by atoms with van der Waals surface area (Å²) in [5, 5.41) is 7.41. The van der Waals surface area contributed by atoms with Gasteiger partial charge < -0.3 is 9.84 Å². The minimum atomic E-state index is 0.403. The van der Waals surface area contributed by atoms with Crippen molar-refractivity contribution in [2.45, 2.75) is 45.6 Å². The van der Waals surface area contributed by atoms with Crippen LogP contribution in [0.25, 0.3) is 0 Å². The van der Waals surface area contributed by atoms with Crippen LogP contribution in [0.2, 0.25) is 0 Å². The molecule has 4 heteroatoms. The highest BCUT2D eigenvalue weighted by molar-refractivity contribution is 5.18. The van der Waals surface area contributed by atoms with Crippen LogP contribution in [0.3, 0.4) is 0 Å². The number of aryl methyl sites for hydroxylation is 1. The number of unbranched alkanes of at least 4 members (excludes halogenated alkanes) is 1. The van der Waals surface area contributed by atoms with Crippen LogP contribution in [-0.4, -0.2) is 16.7 Å². The van der Waals surface area contributed by atoms with Crippen molar-refractivity contribution >= 4 is 0 Å². The third-order valence-electron chi connectivity index (χ3n) is 3.35. The molecule has 0 spiro atoms. The van der Waals surface area contributed by atoms with Crippen LogP contribution in [0.15, 0.2) is 34.9 Å². The van der Waals surface area contributed by atoms with Crippen LogP contribution in [0, 0.1) is 6.92 Å². The Morgan fingerprint density at radius 3 is 2.70 bits per heavy atom. The Kier molecular flexibility index (Phi) is 5.74. The van der Waals surface area contributed by atoms with Crippen molar-refractivity contribution in [2.75, 3.05) is 6.54 Å². The van der Waals surface area contributed by atoms with Gasteiger partial charge in [0.15, 0.2) is 5.82 Å². The molecule has 1 unspecified atom stereocenters. The summed E-state index contributed by atoms with van der Waals surface area (Å²) < 4.78 is 5.13. The van der Waals surface area contributed by atoms with E-state index in [2.05, 4.69) is 52.7 Å². The quantitative estimate of drug-likeness (QED) is 0.800. The van der Waals surface area contributed by atoms with Crippen molar-refractivity contribution in [2.24, 2.45) is 0 Å². The molecule has 0 amide bonds. The second-order valence-electron chi connectivity index (χ2n) is 5.04. The molecule has 1 aromatic heterocycles. The first kappa shape index (κ1) is 14.7. The summed E-state index contributed by atoms with van der Waals surface area (Å²) in [6.45, 7) is 4.92. The molecule has 1 heterocycles. The highest BCUT2D eigenvalue weighted by atomic mass is 16.5. The van der Waals surface area contributed by atoms with E-state index in [0.717, 1.165) is 19.4 Å². The highest BCUT2D eigenvalue weighted by Gasteiger charge is 2.10. The van der Waals surface area contributed by atoms with E-state index >= 15 is 0 Å². The van der Waals surface area contributed by atoms with Gasteiger partial charge in [0.25, 0.3) is 0 Å². The van der Waals surface area contributed by atoms with Gasteiger partial charge in [0.1, 0.15) is 0 Å². The van der Waals surface area contributed by atoms with E-state index in [-0.39, 0.29) is 0 Å². The van der Waals surface area contributed by atoms with Gasteiger partial charge in [-0.05, 0) is 18.9 Å². The van der Waals surface area contributed by atoms with E-state index in [1.807, 2.05) is 6.92 Å². The number of benzene rings is 1. The lowest BCUT2D eigenvalue weighted by molar-refractivity contribution is 0.367. The number of aromatic nitrogens is 2. The number of rotatable bonds is 8. The monoisotopic (exact) mass is 273 g/mol. The summed E-state index contributed by atoms with van der Waals surface area (Å²) in [6, 6.07) is 11.0. The molecule has 0 bridgehead atoms. The summed E-state index contributed by atoms with van der Waals surface area (Å²) in [7, 11) is 0. The van der Waals surface area contributed by atoms with Gasteiger partial charge in [-0.2, -0.15) is 4.98 Å². The molecule has 2 aromatic rings. The van der Waals surface area contributed by atoms with Crippen molar-refractivity contribution in [3.05, 3.63) is 47.6 Å². The van der Waals surface area contributed by atoms with Crippen LogP contribution in [0.1, 0.15) is 49.5 Å². The largest absolute Gasteiger partial charge is 0.339 e. The fraction of sp³-hybridized carbons (Fsp3) is 0.500. The van der Waals surface area contributed by atoms with Crippen molar-refractivity contribution in [1.82, 2.24) is 15.5 Å². The number of hydrogen-bond acceptors (Lipinski definition) is 4. The van der Waals surface area contributed by atoms with Crippen molar-refractivity contribution in [3.8, 4) is 0 Å². The molecule has 0 aliphatic heterocycles. The molecule has 1 atom stereocenters. The Labute approximate surface area is 120 Å². The fourth-order valence-electron chi connectivity index (χ4n) is 2.28. The molecule has 0 saturated carbocycles. The molecule has 4 nitrogen and oxygen atoms in total. The van der Waals surface area contributed by atoms with Gasteiger partial charge in [0.05, 0.1) is 0 Å². The third-order valence-corrected chi connectivity index (χ3v) is 3.35. The second kappa shape index (κ2) is 7.80. The molecular formula is C16H23N3O. The number of hydrogen-bond donors (Lipinski definition) is 1. The first-order valence-corrected chi connectivity index (χ1v) is 7.37. The molecule has 0 aliphatic rings. The van der Waals surface area contributed by atoms with Crippen molar-refractivity contribution in [3.63, 3.8) is 0 Å². The lowest BCUT2D eigenvalue weighted by Gasteiger charge is -2.18. The molecule has 0 radical (unpaired) electrons. The predicted molar refractivity (Wildman–Crippen MR) is 79.4 cm³/mol. The molecule has 0 fully saturated rings. The molecule has 0 saturated heterocycles. The predicted octanol–water partition coefficient (Wildman–Crippen LogP) is 3.44. The van der Waals surface area contributed by atoms with E-state index in [9.17, 15) is 0 Å². The summed E-state index contributed by atoms with van der Waals surface area (Å²) in [5.41, 5.74) is 1.35. The molecule has 20 heavy (non-hydrogen) atoms. The minimum absolute atomic E-state index is 0.403. The van der Waals surface area contributed by atoms with Gasteiger partial charge in [0.2, 0.25) is 5.89 Å². The van der Waals surface area contributed by atoms with Crippen molar-refractivity contribution in [1.29, 1.82) is 0 Å². The standard InChI is InChI=1S/C16H23N3O/c1-3-4-10-15(14-8-6-5-7-9-14)17-12-11-16-18-13(2)19-20-16/h5-9,15,17H,3-4,10-12H2,1-2H3. The van der Waals surface area contributed by atoms with Crippen LogP contribution in [0.4, 0.5) is 0 Å². The lowest BCUT2D eigenvalue weighted by atomic mass is 10.0. The topological polar surface area (TPSA) is 51.0 Å². The van der Waals surface area contributed by atoms with Gasteiger partial charge in [-0.1, -0.05) is 55.3 Å². The Balaban J connectivity index is 1.87. The van der Waals surface area contributed by atoms with E-state index in [4.69, 9.17) is 4.52 Å². The summed E-state index contributed by atoms with van der Waals surface area (Å²) in [6.07, 6.45) is 4.37. The van der Waals surface area contributed by atoms with Crippen LogP contribution in [-0.2, 0) is 6.42 Å². The first-order valence-electron chi connectivity index (χ1n) is 7.37. The van der Waals surface area contributed by atoms with Gasteiger partial charge in [0, 0.05) is 19.0 Å². The maximum absolute atomic E-state index is 5.13. The molecular weight excluding hydrogens is 250 g/mol. The fourth-order valence-corrected chi connectivity index (χ4v) is 2.28. The molecule has 2 rings (SSSR count). The average Bonchev–Trinajstić information content (AvgIpc) is 2.89. The number of nitrogens with zero attached hydrogens (tertiary/aromatic N) is 2. The zero-order valence-corrected chi connectivity index (χ0v) is 12.3. The molecule has 108 valence electrons. The van der Waals surface area contributed by atoms with E-state index in [0.29, 0.717) is 17.8 Å². The molecule has 1 aromatic carbocycles. The van der Waals surface area contributed by atoms with Crippen LogP contribution >= 0.6 is 0 Å². The van der Waals surface area contributed by atoms with Crippen LogP contribution in [0.5, 0.6) is 0 Å². The summed E-state index contributed by atoms with van der Waals surface area (Å²) in [4.78, 5) is 4.22. The first-order chi connectivity index (χ1) is 9.79. The number of nitrogens with one attached hydrogen (secondary N) is 1. The molecule has 0 aliphatic carbocycles. The normalized spacial score (nSPS) is 12.5. The third kappa shape index (κ3) is 4.46. The summed E-state index contributed by atoms with van der Waals surface area (Å²) in [5.74, 6) is 1.41. The zero-order valence-electron chi connectivity index (χ0n) is 12.3. The lowest BCUT2D eigenvalue weighted by Crippen LogP contribution is -2.24.